The molecule has 0 aliphatic carbocycles. The number of thiophene rings is 1. The summed E-state index contributed by atoms with van der Waals surface area (Å²) < 4.78 is 55.6. The van der Waals surface area contributed by atoms with E-state index < -0.39 is 28.1 Å². The maximum atomic E-state index is 12.6. The summed E-state index contributed by atoms with van der Waals surface area (Å²) in [7, 11) is -3.81. The second kappa shape index (κ2) is 6.16. The van der Waals surface area contributed by atoms with Gasteiger partial charge < -0.3 is 4.52 Å². The smallest absolute Gasteiger partial charge is 0.268 e. The van der Waals surface area contributed by atoms with Gasteiger partial charge in [-0.25, -0.2) is 21.9 Å². The van der Waals surface area contributed by atoms with E-state index in [0.717, 1.165) is 4.88 Å². The van der Waals surface area contributed by atoms with Crippen LogP contribution in [0.25, 0.3) is 10.8 Å². The second-order valence-corrected chi connectivity index (χ2v) is 7.33. The summed E-state index contributed by atoms with van der Waals surface area (Å²) in [5.41, 5.74) is 0. The van der Waals surface area contributed by atoms with Crippen molar-refractivity contribution < 1.29 is 21.7 Å². The number of halogens is 2. The Hall–Kier alpha value is -1.39. The highest BCUT2D eigenvalue weighted by Gasteiger charge is 2.25. The van der Waals surface area contributed by atoms with Crippen molar-refractivity contribution in [1.29, 1.82) is 0 Å². The third-order valence-corrected chi connectivity index (χ3v) is 4.64. The molecule has 0 radical (unpaired) electrons. The Bertz CT molecular complexity index is 678. The molecular weight excluding hydrogens is 324 g/mol. The van der Waals surface area contributed by atoms with E-state index in [1.165, 1.54) is 11.3 Å². The molecule has 10 heteroatoms. The number of hydrogen-bond donors (Lipinski definition) is 1. The lowest BCUT2D eigenvalue weighted by molar-refractivity contribution is 0.0188. The largest absolute Gasteiger partial charge is 0.333 e. The van der Waals surface area contributed by atoms with Gasteiger partial charge in [-0.15, -0.1) is 11.3 Å². The van der Waals surface area contributed by atoms with Crippen molar-refractivity contribution in [3.63, 3.8) is 0 Å². The van der Waals surface area contributed by atoms with Crippen LogP contribution in [-0.4, -0.2) is 30.2 Å². The van der Waals surface area contributed by atoms with Gasteiger partial charge in [0, 0.05) is 6.42 Å². The first kappa shape index (κ1) is 16.0. The summed E-state index contributed by atoms with van der Waals surface area (Å²) >= 11 is 1.41. The standard InChI is InChI=1S/C11H13F2N3O3S2/c1-11(12,13)4-6-21(17,18)14-7-9-15-10(19-16-9)8-3-2-5-20-8/h2-3,5,14H,4,6-7H2,1H3. The topological polar surface area (TPSA) is 85.1 Å². The molecule has 2 heterocycles. The molecule has 0 saturated carbocycles. The Labute approximate surface area is 124 Å². The van der Waals surface area contributed by atoms with Crippen molar-refractivity contribution in [3.05, 3.63) is 23.3 Å². The average molecular weight is 337 g/mol. The monoisotopic (exact) mass is 337 g/mol. The summed E-state index contributed by atoms with van der Waals surface area (Å²) in [6.07, 6.45) is -0.741. The predicted molar refractivity (Wildman–Crippen MR) is 73.5 cm³/mol. The van der Waals surface area contributed by atoms with Crippen LogP contribution in [0.1, 0.15) is 19.2 Å². The highest BCUT2D eigenvalue weighted by Crippen LogP contribution is 2.22. The highest BCUT2D eigenvalue weighted by atomic mass is 32.2. The van der Waals surface area contributed by atoms with Gasteiger partial charge in [-0.05, 0) is 18.4 Å². The lowest BCUT2D eigenvalue weighted by Crippen LogP contribution is -2.29. The van der Waals surface area contributed by atoms with E-state index in [1.54, 1.807) is 6.07 Å². The number of aromatic nitrogens is 2. The van der Waals surface area contributed by atoms with Gasteiger partial charge in [-0.2, -0.15) is 4.98 Å². The Morgan fingerprint density at radius 1 is 1.48 bits per heavy atom. The molecule has 0 fully saturated rings. The second-order valence-electron chi connectivity index (χ2n) is 4.45. The zero-order valence-corrected chi connectivity index (χ0v) is 12.7. The third kappa shape index (κ3) is 5.14. The normalized spacial score (nSPS) is 12.7. The Kier molecular flexibility index (Phi) is 4.69. The van der Waals surface area contributed by atoms with Gasteiger partial charge in [0.25, 0.3) is 5.89 Å². The van der Waals surface area contributed by atoms with Crippen molar-refractivity contribution in [2.45, 2.75) is 25.8 Å². The molecule has 0 bridgehead atoms. The quantitative estimate of drug-likeness (QED) is 0.838. The van der Waals surface area contributed by atoms with Crippen LogP contribution >= 0.6 is 11.3 Å². The van der Waals surface area contributed by atoms with Crippen molar-refractivity contribution in [2.24, 2.45) is 0 Å². The maximum Gasteiger partial charge on any atom is 0.268 e. The minimum absolute atomic E-state index is 0.144. The lowest BCUT2D eigenvalue weighted by atomic mass is 10.3. The highest BCUT2D eigenvalue weighted by molar-refractivity contribution is 7.89. The fraction of sp³-hybridized carbons (Fsp3) is 0.455. The lowest BCUT2D eigenvalue weighted by Gasteiger charge is -2.10. The van der Waals surface area contributed by atoms with Crippen LogP contribution in [0.15, 0.2) is 22.0 Å². The van der Waals surface area contributed by atoms with Crippen LogP contribution in [0, 0.1) is 0 Å². The molecule has 0 aliphatic heterocycles. The molecule has 2 aromatic heterocycles. The van der Waals surface area contributed by atoms with Gasteiger partial charge in [-0.3, -0.25) is 0 Å². The fourth-order valence-corrected chi connectivity index (χ4v) is 3.15. The number of nitrogens with zero attached hydrogens (tertiary/aromatic N) is 2. The molecule has 116 valence electrons. The van der Waals surface area contributed by atoms with E-state index >= 15 is 0 Å². The number of sulfonamides is 1. The van der Waals surface area contributed by atoms with E-state index in [0.29, 0.717) is 12.8 Å². The number of nitrogens with one attached hydrogen (secondary N) is 1. The zero-order valence-electron chi connectivity index (χ0n) is 11.0. The SMILES string of the molecule is CC(F)(F)CCS(=O)(=O)NCc1noc(-c2cccs2)n1. The molecule has 2 rings (SSSR count). The molecule has 6 nitrogen and oxygen atoms in total. The van der Waals surface area contributed by atoms with Gasteiger partial charge in [0.2, 0.25) is 15.9 Å². The van der Waals surface area contributed by atoms with E-state index in [-0.39, 0.29) is 12.4 Å². The predicted octanol–water partition coefficient (Wildman–Crippen LogP) is 2.26. The first-order chi connectivity index (χ1) is 9.75. The van der Waals surface area contributed by atoms with Crippen molar-refractivity contribution >= 4 is 21.4 Å². The summed E-state index contributed by atoms with van der Waals surface area (Å²) in [5.74, 6) is -3.25. The van der Waals surface area contributed by atoms with Gasteiger partial charge in [0.05, 0.1) is 17.2 Å². The molecule has 21 heavy (non-hydrogen) atoms. The van der Waals surface area contributed by atoms with Crippen LogP contribution in [0.5, 0.6) is 0 Å². The Balaban J connectivity index is 1.91. The minimum atomic E-state index is -3.81. The van der Waals surface area contributed by atoms with E-state index in [1.807, 2.05) is 11.4 Å². The number of hydrogen-bond acceptors (Lipinski definition) is 6. The van der Waals surface area contributed by atoms with E-state index in [4.69, 9.17) is 4.52 Å². The summed E-state index contributed by atoms with van der Waals surface area (Å²) in [5, 5.41) is 5.47. The molecule has 0 amide bonds. The first-order valence-corrected chi connectivity index (χ1v) is 8.50. The maximum absolute atomic E-state index is 12.6. The molecule has 0 unspecified atom stereocenters. The van der Waals surface area contributed by atoms with Crippen LogP contribution < -0.4 is 4.72 Å². The molecule has 1 N–H and O–H groups in total. The summed E-state index contributed by atoms with van der Waals surface area (Å²) in [6, 6.07) is 3.60. The van der Waals surface area contributed by atoms with Crippen molar-refractivity contribution in [2.75, 3.05) is 5.75 Å². The van der Waals surface area contributed by atoms with Crippen molar-refractivity contribution in [3.8, 4) is 10.8 Å². The van der Waals surface area contributed by atoms with Gasteiger partial charge in [0.1, 0.15) is 0 Å². The van der Waals surface area contributed by atoms with Gasteiger partial charge in [0.15, 0.2) is 5.82 Å². The third-order valence-electron chi connectivity index (χ3n) is 2.46. The molecular formula is C11H13F2N3O3S2. The Morgan fingerprint density at radius 3 is 2.86 bits per heavy atom. The molecule has 0 aromatic carbocycles. The van der Waals surface area contributed by atoms with Crippen LogP contribution in [0.3, 0.4) is 0 Å². The molecule has 0 atom stereocenters. The number of rotatable bonds is 7. The molecule has 2 aromatic rings. The van der Waals surface area contributed by atoms with E-state index in [9.17, 15) is 17.2 Å². The molecule has 0 spiro atoms. The van der Waals surface area contributed by atoms with Crippen molar-refractivity contribution in [1.82, 2.24) is 14.9 Å². The fourth-order valence-electron chi connectivity index (χ4n) is 1.39. The summed E-state index contributed by atoms with van der Waals surface area (Å²) in [6.45, 7) is 0.474. The number of alkyl halides is 2. The first-order valence-electron chi connectivity index (χ1n) is 5.97. The minimum Gasteiger partial charge on any atom is -0.333 e. The molecule has 0 aliphatic rings. The average Bonchev–Trinajstić information content (AvgIpc) is 3.04. The zero-order chi connectivity index (χ0) is 15.5. The summed E-state index contributed by atoms with van der Waals surface area (Å²) in [4.78, 5) is 4.79. The van der Waals surface area contributed by atoms with Crippen LogP contribution in [-0.2, 0) is 16.6 Å². The molecule has 0 saturated heterocycles. The Morgan fingerprint density at radius 2 is 2.24 bits per heavy atom. The van der Waals surface area contributed by atoms with Crippen LogP contribution in [0.2, 0.25) is 0 Å². The van der Waals surface area contributed by atoms with Gasteiger partial charge >= 0.3 is 0 Å². The van der Waals surface area contributed by atoms with Crippen LogP contribution in [0.4, 0.5) is 8.78 Å². The van der Waals surface area contributed by atoms with E-state index in [2.05, 4.69) is 14.9 Å². The van der Waals surface area contributed by atoms with Gasteiger partial charge in [-0.1, -0.05) is 11.2 Å².